The molecule has 0 aliphatic rings. The summed E-state index contributed by atoms with van der Waals surface area (Å²) in [6.07, 6.45) is 0.713. The molecule has 0 aliphatic heterocycles. The Morgan fingerprint density at radius 3 is 2.58 bits per heavy atom. The van der Waals surface area contributed by atoms with Gasteiger partial charge >= 0.3 is 5.97 Å². The molecule has 0 bridgehead atoms. The van der Waals surface area contributed by atoms with Crippen molar-refractivity contribution in [1.29, 1.82) is 0 Å². The van der Waals surface area contributed by atoms with Crippen LogP contribution >= 0.6 is 0 Å². The summed E-state index contributed by atoms with van der Waals surface area (Å²) in [6, 6.07) is 11.2. The number of nitrogens with two attached hydrogens (primary N) is 1. The van der Waals surface area contributed by atoms with Gasteiger partial charge < -0.3 is 10.8 Å². The second-order valence-electron chi connectivity index (χ2n) is 6.73. The van der Waals surface area contributed by atoms with Crippen molar-refractivity contribution in [2.24, 2.45) is 11.7 Å². The highest BCUT2D eigenvalue weighted by Crippen LogP contribution is 2.35. The van der Waals surface area contributed by atoms with Gasteiger partial charge in [-0.25, -0.2) is 9.18 Å². The standard InChI is InChI=1S/C21H21FN2O2/c1-12(2)9-19-16(11-23)20(14-5-3-4-6-17(14)22)15-10-13(21(25)26)7-8-18(15)24-19/h3-8,10,12H,9,11,23H2,1-2H3,(H,25,26). The zero-order chi connectivity index (χ0) is 18.8. The lowest BCUT2D eigenvalue weighted by Gasteiger charge is -2.18. The van der Waals surface area contributed by atoms with E-state index in [0.29, 0.717) is 34.4 Å². The van der Waals surface area contributed by atoms with E-state index in [4.69, 9.17) is 10.7 Å². The molecule has 0 unspecified atom stereocenters. The van der Waals surface area contributed by atoms with Crippen LogP contribution in [0.2, 0.25) is 0 Å². The Labute approximate surface area is 151 Å². The van der Waals surface area contributed by atoms with Crippen LogP contribution in [0.1, 0.15) is 35.5 Å². The Balaban J connectivity index is 2.44. The van der Waals surface area contributed by atoms with Crippen molar-refractivity contribution in [3.8, 4) is 11.1 Å². The molecule has 3 rings (SSSR count). The average Bonchev–Trinajstić information content (AvgIpc) is 2.60. The van der Waals surface area contributed by atoms with Crippen LogP contribution in [0.5, 0.6) is 0 Å². The Bertz CT molecular complexity index is 983. The summed E-state index contributed by atoms with van der Waals surface area (Å²) in [5.41, 5.74) is 9.44. The highest BCUT2D eigenvalue weighted by Gasteiger charge is 2.19. The molecular formula is C21H21FN2O2. The number of carboxylic acids is 1. The van der Waals surface area contributed by atoms with Crippen LogP contribution in [-0.2, 0) is 13.0 Å². The molecule has 1 aromatic heterocycles. The van der Waals surface area contributed by atoms with E-state index in [2.05, 4.69) is 13.8 Å². The lowest BCUT2D eigenvalue weighted by atomic mass is 9.90. The van der Waals surface area contributed by atoms with Gasteiger partial charge in [0.2, 0.25) is 0 Å². The average molecular weight is 352 g/mol. The lowest BCUT2D eigenvalue weighted by Crippen LogP contribution is -2.10. The maximum atomic E-state index is 14.6. The number of nitrogens with zero attached hydrogens (tertiary/aromatic N) is 1. The van der Waals surface area contributed by atoms with Crippen molar-refractivity contribution >= 4 is 16.9 Å². The predicted octanol–water partition coefficient (Wildman–Crippen LogP) is 4.40. The lowest BCUT2D eigenvalue weighted by molar-refractivity contribution is 0.0697. The molecule has 0 aliphatic carbocycles. The van der Waals surface area contributed by atoms with Crippen LogP contribution in [0.4, 0.5) is 4.39 Å². The number of aromatic carboxylic acids is 1. The molecule has 0 radical (unpaired) electrons. The molecule has 0 spiro atoms. The molecule has 0 saturated heterocycles. The zero-order valence-electron chi connectivity index (χ0n) is 14.8. The third-order valence-electron chi connectivity index (χ3n) is 4.37. The van der Waals surface area contributed by atoms with E-state index in [1.807, 2.05) is 0 Å². The summed E-state index contributed by atoms with van der Waals surface area (Å²) in [5.74, 6) is -1.05. The summed E-state index contributed by atoms with van der Waals surface area (Å²) < 4.78 is 14.6. The number of pyridine rings is 1. The summed E-state index contributed by atoms with van der Waals surface area (Å²) in [6.45, 7) is 4.37. The Morgan fingerprint density at radius 2 is 1.96 bits per heavy atom. The minimum absolute atomic E-state index is 0.136. The fraction of sp³-hybridized carbons (Fsp3) is 0.238. The van der Waals surface area contributed by atoms with Gasteiger partial charge in [-0.15, -0.1) is 0 Å². The maximum absolute atomic E-state index is 14.6. The minimum Gasteiger partial charge on any atom is -0.478 e. The molecule has 3 N–H and O–H groups in total. The van der Waals surface area contributed by atoms with E-state index in [0.717, 1.165) is 11.3 Å². The minimum atomic E-state index is -1.04. The van der Waals surface area contributed by atoms with Gasteiger partial charge in [0.1, 0.15) is 5.82 Å². The molecule has 0 fully saturated rings. The molecule has 26 heavy (non-hydrogen) atoms. The monoisotopic (exact) mass is 352 g/mol. The third-order valence-corrected chi connectivity index (χ3v) is 4.37. The fourth-order valence-electron chi connectivity index (χ4n) is 3.23. The number of fused-ring (bicyclic) bond motifs is 1. The van der Waals surface area contributed by atoms with E-state index < -0.39 is 5.97 Å². The van der Waals surface area contributed by atoms with Gasteiger partial charge in [0.25, 0.3) is 0 Å². The van der Waals surface area contributed by atoms with Gasteiger partial charge in [0.15, 0.2) is 0 Å². The van der Waals surface area contributed by atoms with Gasteiger partial charge in [-0.3, -0.25) is 4.98 Å². The molecule has 4 nitrogen and oxygen atoms in total. The van der Waals surface area contributed by atoms with Crippen LogP contribution in [-0.4, -0.2) is 16.1 Å². The number of hydrogen-bond donors (Lipinski definition) is 2. The third kappa shape index (κ3) is 3.30. The molecule has 0 saturated carbocycles. The maximum Gasteiger partial charge on any atom is 0.335 e. The zero-order valence-corrected chi connectivity index (χ0v) is 14.8. The molecule has 0 atom stereocenters. The fourth-order valence-corrected chi connectivity index (χ4v) is 3.23. The van der Waals surface area contributed by atoms with Crippen molar-refractivity contribution in [2.45, 2.75) is 26.8 Å². The number of hydrogen-bond acceptors (Lipinski definition) is 3. The van der Waals surface area contributed by atoms with Crippen LogP contribution in [0.3, 0.4) is 0 Å². The first-order chi connectivity index (χ1) is 12.4. The van der Waals surface area contributed by atoms with Crippen molar-refractivity contribution in [3.05, 3.63) is 65.1 Å². The van der Waals surface area contributed by atoms with Gasteiger partial charge in [0.05, 0.1) is 11.1 Å². The van der Waals surface area contributed by atoms with Crippen LogP contribution in [0.25, 0.3) is 22.0 Å². The van der Waals surface area contributed by atoms with Crippen molar-refractivity contribution < 1.29 is 14.3 Å². The molecule has 3 aromatic rings. The largest absolute Gasteiger partial charge is 0.478 e. The van der Waals surface area contributed by atoms with E-state index >= 15 is 0 Å². The van der Waals surface area contributed by atoms with Crippen LogP contribution < -0.4 is 5.73 Å². The molecular weight excluding hydrogens is 331 g/mol. The summed E-state index contributed by atoms with van der Waals surface area (Å²) in [7, 11) is 0. The highest BCUT2D eigenvalue weighted by atomic mass is 19.1. The van der Waals surface area contributed by atoms with Gasteiger partial charge in [0, 0.05) is 28.8 Å². The second-order valence-corrected chi connectivity index (χ2v) is 6.73. The number of rotatable bonds is 5. The number of halogens is 1. The van der Waals surface area contributed by atoms with Gasteiger partial charge in [-0.1, -0.05) is 32.0 Å². The number of carboxylic acid groups (broad SMARTS) is 1. The first kappa shape index (κ1) is 18.0. The Morgan fingerprint density at radius 1 is 1.23 bits per heavy atom. The van der Waals surface area contributed by atoms with Gasteiger partial charge in [-0.05, 0) is 42.2 Å². The highest BCUT2D eigenvalue weighted by molar-refractivity contribution is 6.01. The van der Waals surface area contributed by atoms with Gasteiger partial charge in [-0.2, -0.15) is 0 Å². The molecule has 134 valence electrons. The number of benzene rings is 2. The van der Waals surface area contributed by atoms with E-state index in [-0.39, 0.29) is 17.9 Å². The van der Waals surface area contributed by atoms with Crippen molar-refractivity contribution in [1.82, 2.24) is 4.98 Å². The summed E-state index contributed by atoms with van der Waals surface area (Å²) >= 11 is 0. The first-order valence-electron chi connectivity index (χ1n) is 8.56. The molecule has 2 aromatic carbocycles. The Hall–Kier alpha value is -2.79. The van der Waals surface area contributed by atoms with Crippen LogP contribution in [0.15, 0.2) is 42.5 Å². The Kier molecular flexibility index (Phi) is 5.00. The number of aromatic nitrogens is 1. The number of carbonyl (C=O) groups is 1. The van der Waals surface area contributed by atoms with E-state index in [1.165, 1.54) is 12.1 Å². The second kappa shape index (κ2) is 7.22. The van der Waals surface area contributed by atoms with Crippen molar-refractivity contribution in [2.75, 3.05) is 0 Å². The van der Waals surface area contributed by atoms with E-state index in [9.17, 15) is 14.3 Å². The van der Waals surface area contributed by atoms with Crippen LogP contribution in [0, 0.1) is 11.7 Å². The summed E-state index contributed by atoms with van der Waals surface area (Å²) in [5, 5.41) is 9.94. The van der Waals surface area contributed by atoms with E-state index in [1.54, 1.807) is 30.3 Å². The van der Waals surface area contributed by atoms with Crippen molar-refractivity contribution in [3.63, 3.8) is 0 Å². The summed E-state index contributed by atoms with van der Waals surface area (Å²) in [4.78, 5) is 16.1. The molecule has 0 amide bonds. The first-order valence-corrected chi connectivity index (χ1v) is 8.56. The molecule has 1 heterocycles. The molecule has 5 heteroatoms. The smallest absolute Gasteiger partial charge is 0.335 e. The predicted molar refractivity (Wildman–Crippen MR) is 101 cm³/mol. The normalized spacial score (nSPS) is 11.3. The topological polar surface area (TPSA) is 76.2 Å². The SMILES string of the molecule is CC(C)Cc1nc2ccc(C(=O)O)cc2c(-c2ccccc2F)c1CN. The quantitative estimate of drug-likeness (QED) is 0.714.